The number of methoxy groups -OCH3 is 1. The molecule has 0 saturated heterocycles. The van der Waals surface area contributed by atoms with Crippen LogP contribution in [0.1, 0.15) is 37.4 Å². The van der Waals surface area contributed by atoms with Crippen LogP contribution in [0.5, 0.6) is 11.5 Å². The average molecular weight is 366 g/mol. The molecule has 2 aromatic carbocycles. The molecule has 5 heteroatoms. The second kappa shape index (κ2) is 8.01. The molecule has 1 fully saturated rings. The molecule has 4 rings (SSSR count). The number of aliphatic hydroxyl groups excluding tert-OH is 1. The Hall–Kier alpha value is -2.53. The summed E-state index contributed by atoms with van der Waals surface area (Å²) in [6.45, 7) is 0.728. The van der Waals surface area contributed by atoms with Crippen molar-refractivity contribution in [2.45, 2.75) is 44.2 Å². The van der Waals surface area contributed by atoms with Gasteiger partial charge >= 0.3 is 0 Å². The minimum absolute atomic E-state index is 0.239. The first-order chi connectivity index (χ1) is 13.2. The number of aromatic nitrogens is 2. The Labute approximate surface area is 159 Å². The van der Waals surface area contributed by atoms with Gasteiger partial charge in [-0.25, -0.2) is 4.98 Å². The van der Waals surface area contributed by atoms with Gasteiger partial charge in [0.25, 0.3) is 0 Å². The first kappa shape index (κ1) is 17.9. The normalized spacial score (nSPS) is 15.9. The Morgan fingerprint density at radius 1 is 1.07 bits per heavy atom. The van der Waals surface area contributed by atoms with Crippen LogP contribution in [0, 0.1) is 0 Å². The standard InChI is InChI=1S/C22H26N2O3/c1-26-18-10-12-19(13-11-18)27-15-17(25)14-24-21-9-5-4-8-20(21)23-22(24)16-6-2-3-7-16/h4-5,8-13,16-17,25H,2-3,6-7,14-15H2,1H3. The Kier molecular flexibility index (Phi) is 5.30. The maximum absolute atomic E-state index is 10.6. The minimum Gasteiger partial charge on any atom is -0.497 e. The van der Waals surface area contributed by atoms with Crippen LogP contribution < -0.4 is 9.47 Å². The molecule has 0 amide bonds. The highest BCUT2D eigenvalue weighted by Crippen LogP contribution is 2.35. The van der Waals surface area contributed by atoms with Gasteiger partial charge in [-0.05, 0) is 49.2 Å². The summed E-state index contributed by atoms with van der Waals surface area (Å²) in [6.07, 6.45) is 4.28. The van der Waals surface area contributed by atoms with Gasteiger partial charge in [0.2, 0.25) is 0 Å². The van der Waals surface area contributed by atoms with Crippen LogP contribution in [-0.4, -0.2) is 34.5 Å². The van der Waals surface area contributed by atoms with Gasteiger partial charge in [0, 0.05) is 5.92 Å². The van der Waals surface area contributed by atoms with E-state index in [1.807, 2.05) is 42.5 Å². The fourth-order valence-electron chi connectivity index (χ4n) is 3.91. The number of ether oxygens (including phenoxy) is 2. The lowest BCUT2D eigenvalue weighted by Crippen LogP contribution is -2.25. The molecule has 0 radical (unpaired) electrons. The third kappa shape index (κ3) is 3.93. The molecule has 1 aliphatic carbocycles. The van der Waals surface area contributed by atoms with E-state index in [9.17, 15) is 5.11 Å². The van der Waals surface area contributed by atoms with Crippen molar-refractivity contribution in [3.63, 3.8) is 0 Å². The summed E-state index contributed by atoms with van der Waals surface area (Å²) in [4.78, 5) is 4.88. The van der Waals surface area contributed by atoms with Gasteiger partial charge < -0.3 is 19.1 Å². The highest BCUT2D eigenvalue weighted by molar-refractivity contribution is 5.76. The van der Waals surface area contributed by atoms with Gasteiger partial charge in [0.1, 0.15) is 30.0 Å². The van der Waals surface area contributed by atoms with E-state index in [4.69, 9.17) is 14.5 Å². The zero-order chi connectivity index (χ0) is 18.6. The smallest absolute Gasteiger partial charge is 0.119 e. The highest BCUT2D eigenvalue weighted by Gasteiger charge is 2.24. The lowest BCUT2D eigenvalue weighted by molar-refractivity contribution is 0.0924. The maximum Gasteiger partial charge on any atom is 0.119 e. The number of imidazole rings is 1. The predicted octanol–water partition coefficient (Wildman–Crippen LogP) is 4.14. The molecule has 0 aliphatic heterocycles. The summed E-state index contributed by atoms with van der Waals surface area (Å²) in [6, 6.07) is 15.6. The zero-order valence-corrected chi connectivity index (χ0v) is 15.7. The van der Waals surface area contributed by atoms with Crippen molar-refractivity contribution in [1.82, 2.24) is 9.55 Å². The van der Waals surface area contributed by atoms with Crippen molar-refractivity contribution >= 4 is 11.0 Å². The fraction of sp³-hybridized carbons (Fsp3) is 0.409. The molecule has 1 heterocycles. The molecule has 1 unspecified atom stereocenters. The van der Waals surface area contributed by atoms with Gasteiger partial charge in [-0.3, -0.25) is 0 Å². The maximum atomic E-state index is 10.6. The Morgan fingerprint density at radius 2 is 1.78 bits per heavy atom. The molecule has 3 aromatic rings. The predicted molar refractivity (Wildman–Crippen MR) is 105 cm³/mol. The Morgan fingerprint density at radius 3 is 2.52 bits per heavy atom. The van der Waals surface area contributed by atoms with Crippen LogP contribution in [0.4, 0.5) is 0 Å². The van der Waals surface area contributed by atoms with Crippen LogP contribution in [0.3, 0.4) is 0 Å². The number of hydrogen-bond acceptors (Lipinski definition) is 4. The number of aliphatic hydroxyl groups is 1. The summed E-state index contributed by atoms with van der Waals surface area (Å²) in [7, 11) is 1.64. The van der Waals surface area contributed by atoms with E-state index >= 15 is 0 Å². The summed E-state index contributed by atoms with van der Waals surface area (Å²) in [5, 5.41) is 10.6. The van der Waals surface area contributed by atoms with E-state index in [1.54, 1.807) is 7.11 Å². The number of rotatable bonds is 7. The van der Waals surface area contributed by atoms with E-state index in [1.165, 1.54) is 25.7 Å². The fourth-order valence-corrected chi connectivity index (χ4v) is 3.91. The molecule has 1 saturated carbocycles. The van der Waals surface area contributed by atoms with Crippen molar-refractivity contribution in [3.05, 3.63) is 54.4 Å². The second-order valence-corrected chi connectivity index (χ2v) is 7.19. The van der Waals surface area contributed by atoms with Crippen molar-refractivity contribution in [2.24, 2.45) is 0 Å². The van der Waals surface area contributed by atoms with Crippen LogP contribution in [-0.2, 0) is 6.54 Å². The van der Waals surface area contributed by atoms with Crippen LogP contribution in [0.2, 0.25) is 0 Å². The van der Waals surface area contributed by atoms with Crippen molar-refractivity contribution in [3.8, 4) is 11.5 Å². The van der Waals surface area contributed by atoms with Gasteiger partial charge in [-0.15, -0.1) is 0 Å². The molecule has 27 heavy (non-hydrogen) atoms. The van der Waals surface area contributed by atoms with Crippen LogP contribution in [0.15, 0.2) is 48.5 Å². The summed E-state index contributed by atoms with van der Waals surface area (Å²) in [5.41, 5.74) is 2.09. The minimum atomic E-state index is -0.607. The lowest BCUT2D eigenvalue weighted by Gasteiger charge is -2.18. The molecule has 0 spiro atoms. The van der Waals surface area contributed by atoms with E-state index in [0.29, 0.717) is 12.5 Å². The van der Waals surface area contributed by atoms with Crippen molar-refractivity contribution < 1.29 is 14.6 Å². The second-order valence-electron chi connectivity index (χ2n) is 7.19. The molecule has 5 nitrogen and oxygen atoms in total. The van der Waals surface area contributed by atoms with E-state index in [-0.39, 0.29) is 6.61 Å². The number of fused-ring (bicyclic) bond motifs is 1. The van der Waals surface area contributed by atoms with Gasteiger partial charge in [-0.2, -0.15) is 0 Å². The van der Waals surface area contributed by atoms with Crippen molar-refractivity contribution in [2.75, 3.05) is 13.7 Å². The first-order valence-electron chi connectivity index (χ1n) is 9.64. The van der Waals surface area contributed by atoms with Crippen molar-refractivity contribution in [1.29, 1.82) is 0 Å². The molecule has 1 aromatic heterocycles. The number of hydrogen-bond donors (Lipinski definition) is 1. The quantitative estimate of drug-likeness (QED) is 0.683. The average Bonchev–Trinajstić information content (AvgIpc) is 3.35. The lowest BCUT2D eigenvalue weighted by atomic mass is 10.1. The molecule has 1 aliphatic rings. The van der Waals surface area contributed by atoms with E-state index in [2.05, 4.69) is 10.6 Å². The Bertz CT molecular complexity index is 882. The summed E-state index contributed by atoms with van der Waals surface area (Å²) < 4.78 is 13.1. The SMILES string of the molecule is COc1ccc(OCC(O)Cn2c(C3CCCC3)nc3ccccc32)cc1. The third-order valence-electron chi connectivity index (χ3n) is 5.30. The largest absolute Gasteiger partial charge is 0.497 e. The summed E-state index contributed by atoms with van der Waals surface area (Å²) >= 11 is 0. The van der Waals surface area contributed by atoms with Crippen LogP contribution >= 0.6 is 0 Å². The number of nitrogens with zero attached hydrogens (tertiary/aromatic N) is 2. The van der Waals surface area contributed by atoms with E-state index < -0.39 is 6.10 Å². The molecule has 1 atom stereocenters. The van der Waals surface area contributed by atoms with Gasteiger partial charge in [-0.1, -0.05) is 25.0 Å². The highest BCUT2D eigenvalue weighted by atomic mass is 16.5. The molecule has 0 bridgehead atoms. The van der Waals surface area contributed by atoms with Gasteiger partial charge in [0.15, 0.2) is 0 Å². The molecular weight excluding hydrogens is 340 g/mol. The first-order valence-corrected chi connectivity index (χ1v) is 9.64. The third-order valence-corrected chi connectivity index (χ3v) is 5.30. The molecule has 1 N–H and O–H groups in total. The van der Waals surface area contributed by atoms with Crippen LogP contribution in [0.25, 0.3) is 11.0 Å². The van der Waals surface area contributed by atoms with Gasteiger partial charge in [0.05, 0.1) is 24.7 Å². The topological polar surface area (TPSA) is 56.5 Å². The zero-order valence-electron chi connectivity index (χ0n) is 15.7. The Balaban J connectivity index is 1.48. The number of benzene rings is 2. The molecular formula is C22H26N2O3. The number of para-hydroxylation sites is 2. The van der Waals surface area contributed by atoms with E-state index in [0.717, 1.165) is 28.4 Å². The molecule has 142 valence electrons. The monoisotopic (exact) mass is 366 g/mol. The summed E-state index contributed by atoms with van der Waals surface area (Å²) in [5.74, 6) is 3.11.